The van der Waals surface area contributed by atoms with Crippen LogP contribution in [0, 0.1) is 6.92 Å². The number of H-pyrrole nitrogens is 1. The van der Waals surface area contributed by atoms with Crippen molar-refractivity contribution in [1.82, 2.24) is 19.6 Å². The standard InChI is InChI=1S/C19H16N4O2/c1-12-18(13-6-5-7-14(10-13)25-2)22-23-17(24)11-16(21-19(12)23)15-8-3-4-9-20-15/h3-11,22H,1-2H3. The lowest BCUT2D eigenvalue weighted by atomic mass is 10.1. The molecule has 3 aromatic heterocycles. The molecule has 0 fully saturated rings. The highest BCUT2D eigenvalue weighted by Gasteiger charge is 2.14. The quantitative estimate of drug-likeness (QED) is 0.626. The predicted octanol–water partition coefficient (Wildman–Crippen LogP) is 3.07. The predicted molar refractivity (Wildman–Crippen MR) is 95.8 cm³/mol. The zero-order valence-electron chi connectivity index (χ0n) is 13.9. The molecule has 0 aliphatic rings. The van der Waals surface area contributed by atoms with Crippen molar-refractivity contribution in [3.05, 3.63) is 70.6 Å². The number of hydrogen-bond donors (Lipinski definition) is 1. The van der Waals surface area contributed by atoms with Gasteiger partial charge in [-0.25, -0.2) is 9.50 Å². The van der Waals surface area contributed by atoms with Gasteiger partial charge >= 0.3 is 0 Å². The Morgan fingerprint density at radius 3 is 2.72 bits per heavy atom. The number of ether oxygens (including phenoxy) is 1. The average molecular weight is 332 g/mol. The summed E-state index contributed by atoms with van der Waals surface area (Å²) in [6, 6.07) is 14.7. The van der Waals surface area contributed by atoms with E-state index in [-0.39, 0.29) is 5.56 Å². The zero-order chi connectivity index (χ0) is 17.4. The third-order valence-electron chi connectivity index (χ3n) is 4.14. The van der Waals surface area contributed by atoms with Crippen LogP contribution in [-0.4, -0.2) is 26.7 Å². The van der Waals surface area contributed by atoms with Crippen molar-refractivity contribution in [1.29, 1.82) is 0 Å². The molecule has 124 valence electrons. The number of nitrogens with one attached hydrogen (secondary N) is 1. The molecule has 3 heterocycles. The van der Waals surface area contributed by atoms with Crippen molar-refractivity contribution >= 4 is 5.65 Å². The van der Waals surface area contributed by atoms with Gasteiger partial charge in [0.15, 0.2) is 5.65 Å². The van der Waals surface area contributed by atoms with Crippen molar-refractivity contribution in [2.24, 2.45) is 0 Å². The third-order valence-corrected chi connectivity index (χ3v) is 4.14. The van der Waals surface area contributed by atoms with Gasteiger partial charge in [0.25, 0.3) is 5.56 Å². The molecule has 4 rings (SSSR count). The normalized spacial score (nSPS) is 11.0. The topological polar surface area (TPSA) is 72.3 Å². The van der Waals surface area contributed by atoms with Crippen molar-refractivity contribution in [3.63, 3.8) is 0 Å². The molecule has 0 saturated carbocycles. The van der Waals surface area contributed by atoms with Crippen LogP contribution >= 0.6 is 0 Å². The maximum atomic E-state index is 12.5. The van der Waals surface area contributed by atoms with Crippen LogP contribution in [0.3, 0.4) is 0 Å². The molecule has 0 bridgehead atoms. The Hall–Kier alpha value is -3.41. The molecule has 0 atom stereocenters. The van der Waals surface area contributed by atoms with Gasteiger partial charge in [-0.2, -0.15) is 0 Å². The summed E-state index contributed by atoms with van der Waals surface area (Å²) >= 11 is 0. The molecule has 4 aromatic rings. The monoisotopic (exact) mass is 332 g/mol. The van der Waals surface area contributed by atoms with E-state index in [1.165, 1.54) is 10.6 Å². The van der Waals surface area contributed by atoms with Crippen LogP contribution < -0.4 is 10.3 Å². The fourth-order valence-corrected chi connectivity index (χ4v) is 2.85. The molecule has 0 amide bonds. The van der Waals surface area contributed by atoms with Crippen molar-refractivity contribution in [2.45, 2.75) is 6.92 Å². The minimum absolute atomic E-state index is 0.178. The van der Waals surface area contributed by atoms with Crippen LogP contribution in [0.25, 0.3) is 28.3 Å². The Balaban J connectivity index is 1.93. The average Bonchev–Trinajstić information content (AvgIpc) is 3.00. The van der Waals surface area contributed by atoms with Crippen LogP contribution in [0.4, 0.5) is 0 Å². The van der Waals surface area contributed by atoms with Crippen LogP contribution in [0.1, 0.15) is 5.56 Å². The largest absolute Gasteiger partial charge is 0.497 e. The summed E-state index contributed by atoms with van der Waals surface area (Å²) in [6.07, 6.45) is 1.69. The summed E-state index contributed by atoms with van der Waals surface area (Å²) in [6.45, 7) is 1.94. The number of methoxy groups -OCH3 is 1. The molecule has 0 spiro atoms. The number of aromatic amines is 1. The lowest BCUT2D eigenvalue weighted by Crippen LogP contribution is -2.14. The Morgan fingerprint density at radius 2 is 1.96 bits per heavy atom. The Labute approximate surface area is 143 Å². The maximum Gasteiger partial charge on any atom is 0.273 e. The Morgan fingerprint density at radius 1 is 1.08 bits per heavy atom. The van der Waals surface area contributed by atoms with Crippen molar-refractivity contribution in [2.75, 3.05) is 7.11 Å². The molecule has 0 unspecified atom stereocenters. The molecule has 0 radical (unpaired) electrons. The number of fused-ring (bicyclic) bond motifs is 1. The second-order valence-electron chi connectivity index (χ2n) is 5.70. The fourth-order valence-electron chi connectivity index (χ4n) is 2.85. The van der Waals surface area contributed by atoms with E-state index in [0.29, 0.717) is 17.0 Å². The number of pyridine rings is 1. The van der Waals surface area contributed by atoms with E-state index in [2.05, 4.69) is 15.1 Å². The summed E-state index contributed by atoms with van der Waals surface area (Å²) in [5.74, 6) is 0.755. The minimum Gasteiger partial charge on any atom is -0.497 e. The first-order valence-electron chi connectivity index (χ1n) is 7.85. The van der Waals surface area contributed by atoms with E-state index in [0.717, 1.165) is 22.6 Å². The summed E-state index contributed by atoms with van der Waals surface area (Å²) in [5.41, 5.74) is 4.30. The number of rotatable bonds is 3. The molecule has 0 aliphatic carbocycles. The molecule has 0 saturated heterocycles. The van der Waals surface area contributed by atoms with E-state index >= 15 is 0 Å². The minimum atomic E-state index is -0.178. The summed E-state index contributed by atoms with van der Waals surface area (Å²) in [4.78, 5) is 21.4. The lowest BCUT2D eigenvalue weighted by Gasteiger charge is -2.03. The number of hydrogen-bond acceptors (Lipinski definition) is 4. The molecule has 1 aromatic carbocycles. The second kappa shape index (κ2) is 5.90. The fraction of sp³-hybridized carbons (Fsp3) is 0.105. The number of nitrogens with zero attached hydrogens (tertiary/aromatic N) is 3. The van der Waals surface area contributed by atoms with E-state index in [1.54, 1.807) is 13.3 Å². The van der Waals surface area contributed by atoms with E-state index in [9.17, 15) is 4.79 Å². The Kier molecular flexibility index (Phi) is 3.57. The molecular formula is C19H16N4O2. The van der Waals surface area contributed by atoms with Crippen molar-refractivity contribution in [3.8, 4) is 28.4 Å². The van der Waals surface area contributed by atoms with E-state index < -0.39 is 0 Å². The molecule has 1 N–H and O–H groups in total. The van der Waals surface area contributed by atoms with Gasteiger partial charge in [-0.05, 0) is 31.2 Å². The summed E-state index contributed by atoms with van der Waals surface area (Å²) in [7, 11) is 1.63. The second-order valence-corrected chi connectivity index (χ2v) is 5.70. The molecule has 6 nitrogen and oxygen atoms in total. The van der Waals surface area contributed by atoms with Gasteiger partial charge in [-0.15, -0.1) is 0 Å². The van der Waals surface area contributed by atoms with Gasteiger partial charge in [-0.1, -0.05) is 18.2 Å². The molecule has 0 aliphatic heterocycles. The molecule has 25 heavy (non-hydrogen) atoms. The van der Waals surface area contributed by atoms with Crippen LogP contribution in [-0.2, 0) is 0 Å². The zero-order valence-corrected chi connectivity index (χ0v) is 13.9. The summed E-state index contributed by atoms with van der Waals surface area (Å²) < 4.78 is 6.74. The summed E-state index contributed by atoms with van der Waals surface area (Å²) in [5, 5.41) is 3.14. The van der Waals surface area contributed by atoms with Gasteiger partial charge in [-0.3, -0.25) is 14.9 Å². The molecule has 6 heteroatoms. The van der Waals surface area contributed by atoms with Gasteiger partial charge in [0.2, 0.25) is 0 Å². The first-order valence-corrected chi connectivity index (χ1v) is 7.85. The van der Waals surface area contributed by atoms with Crippen molar-refractivity contribution < 1.29 is 4.74 Å². The lowest BCUT2D eigenvalue weighted by molar-refractivity contribution is 0.415. The van der Waals surface area contributed by atoms with Crippen LogP contribution in [0.15, 0.2) is 59.5 Å². The maximum absolute atomic E-state index is 12.5. The van der Waals surface area contributed by atoms with E-state index in [1.807, 2.05) is 49.4 Å². The number of benzene rings is 1. The third kappa shape index (κ3) is 2.57. The molecular weight excluding hydrogens is 316 g/mol. The highest BCUT2D eigenvalue weighted by Crippen LogP contribution is 2.27. The number of aromatic nitrogens is 4. The van der Waals surface area contributed by atoms with Gasteiger partial charge in [0.05, 0.1) is 24.2 Å². The first-order chi connectivity index (χ1) is 12.2. The SMILES string of the molecule is COc1cccc(-c2[nH]n3c(=O)cc(-c4ccccn4)nc3c2C)c1. The highest BCUT2D eigenvalue weighted by atomic mass is 16.5. The van der Waals surface area contributed by atoms with Crippen LogP contribution in [0.5, 0.6) is 5.75 Å². The Bertz CT molecular complexity index is 1110. The van der Waals surface area contributed by atoms with Gasteiger partial charge < -0.3 is 4.74 Å². The van der Waals surface area contributed by atoms with Gasteiger partial charge in [0, 0.05) is 23.4 Å². The van der Waals surface area contributed by atoms with Gasteiger partial charge in [0.1, 0.15) is 5.75 Å². The smallest absolute Gasteiger partial charge is 0.273 e. The number of aryl methyl sites for hydroxylation is 1. The first kappa shape index (κ1) is 15.1. The highest BCUT2D eigenvalue weighted by molar-refractivity contribution is 5.72. The van der Waals surface area contributed by atoms with E-state index in [4.69, 9.17) is 4.74 Å². The van der Waals surface area contributed by atoms with Crippen LogP contribution in [0.2, 0.25) is 0 Å².